The predicted molar refractivity (Wildman–Crippen MR) is 60.0 cm³/mol. The first-order valence-corrected chi connectivity index (χ1v) is 5.17. The van der Waals surface area contributed by atoms with Crippen LogP contribution in [-0.2, 0) is 0 Å². The van der Waals surface area contributed by atoms with Gasteiger partial charge in [-0.25, -0.2) is 9.97 Å². The van der Waals surface area contributed by atoms with E-state index in [1.54, 1.807) is 6.07 Å². The van der Waals surface area contributed by atoms with Crippen molar-refractivity contribution in [3.63, 3.8) is 0 Å². The summed E-state index contributed by atoms with van der Waals surface area (Å²) in [5.41, 5.74) is 5.33. The molecule has 1 atom stereocenters. The van der Waals surface area contributed by atoms with Crippen LogP contribution in [0.5, 0.6) is 5.88 Å². The lowest BCUT2D eigenvalue weighted by molar-refractivity contribution is 0.315. The Balaban J connectivity index is 2.57. The van der Waals surface area contributed by atoms with E-state index in [1.807, 2.05) is 0 Å². The first kappa shape index (κ1) is 11.7. The molecule has 3 N–H and O–H groups in total. The van der Waals surface area contributed by atoms with Gasteiger partial charge in [0.2, 0.25) is 5.88 Å². The number of rotatable bonds is 6. The lowest BCUT2D eigenvalue weighted by atomic mass is 10.2. The number of ether oxygens (including phenoxy) is 1. The summed E-state index contributed by atoms with van der Waals surface area (Å²) in [6.07, 6.45) is 2.53. The van der Waals surface area contributed by atoms with Crippen molar-refractivity contribution in [2.45, 2.75) is 26.3 Å². The van der Waals surface area contributed by atoms with Gasteiger partial charge in [-0.1, -0.05) is 6.92 Å². The fourth-order valence-corrected chi connectivity index (χ4v) is 1.02. The monoisotopic (exact) mass is 210 g/mol. The SMILES string of the molecule is CC[C@@H](C)Nc1cc(OCCN)ncn1. The van der Waals surface area contributed by atoms with Gasteiger partial charge in [0.05, 0.1) is 0 Å². The van der Waals surface area contributed by atoms with Gasteiger partial charge < -0.3 is 15.8 Å². The van der Waals surface area contributed by atoms with Crippen LogP contribution in [0.25, 0.3) is 0 Å². The van der Waals surface area contributed by atoms with Crippen molar-refractivity contribution in [3.8, 4) is 5.88 Å². The van der Waals surface area contributed by atoms with Crippen LogP contribution in [-0.4, -0.2) is 29.2 Å². The van der Waals surface area contributed by atoms with Crippen molar-refractivity contribution in [3.05, 3.63) is 12.4 Å². The average Bonchev–Trinajstić information content (AvgIpc) is 2.26. The Hall–Kier alpha value is -1.36. The Morgan fingerprint density at radius 1 is 1.53 bits per heavy atom. The van der Waals surface area contributed by atoms with Gasteiger partial charge in [0.25, 0.3) is 0 Å². The minimum atomic E-state index is 0.391. The molecule has 0 amide bonds. The van der Waals surface area contributed by atoms with E-state index in [2.05, 4.69) is 29.1 Å². The Bertz CT molecular complexity index is 293. The van der Waals surface area contributed by atoms with E-state index in [4.69, 9.17) is 10.5 Å². The van der Waals surface area contributed by atoms with Crippen molar-refractivity contribution in [2.24, 2.45) is 5.73 Å². The standard InChI is InChI=1S/C10H18N4O/c1-3-8(2)14-9-6-10(13-7-12-9)15-5-4-11/h6-8H,3-5,11H2,1-2H3,(H,12,13,14)/t8-/m1/s1. The average molecular weight is 210 g/mol. The summed E-state index contributed by atoms with van der Waals surface area (Å²) < 4.78 is 5.29. The number of hydrogen-bond donors (Lipinski definition) is 2. The Kier molecular flexibility index (Phi) is 4.83. The summed E-state index contributed by atoms with van der Waals surface area (Å²) in [5, 5.41) is 3.25. The summed E-state index contributed by atoms with van der Waals surface area (Å²) in [7, 11) is 0. The third-order valence-electron chi connectivity index (χ3n) is 2.02. The zero-order valence-corrected chi connectivity index (χ0v) is 9.23. The van der Waals surface area contributed by atoms with Gasteiger partial charge in [-0.3, -0.25) is 0 Å². The molecule has 0 spiro atoms. The maximum absolute atomic E-state index is 5.33. The van der Waals surface area contributed by atoms with Crippen molar-refractivity contribution >= 4 is 5.82 Å². The van der Waals surface area contributed by atoms with Crippen molar-refractivity contribution in [1.29, 1.82) is 0 Å². The molecule has 5 heteroatoms. The lowest BCUT2D eigenvalue weighted by Gasteiger charge is -2.12. The molecule has 0 saturated carbocycles. The molecule has 15 heavy (non-hydrogen) atoms. The first-order chi connectivity index (χ1) is 7.26. The van der Waals surface area contributed by atoms with Gasteiger partial charge in [-0.15, -0.1) is 0 Å². The summed E-state index contributed by atoms with van der Waals surface area (Å²) >= 11 is 0. The Labute approximate surface area is 90.1 Å². The number of anilines is 1. The number of nitrogens with two attached hydrogens (primary N) is 1. The van der Waals surface area contributed by atoms with Gasteiger partial charge in [-0.2, -0.15) is 0 Å². The van der Waals surface area contributed by atoms with Gasteiger partial charge in [0.15, 0.2) is 0 Å². The molecule has 1 heterocycles. The second-order valence-corrected chi connectivity index (χ2v) is 3.33. The maximum atomic E-state index is 5.33. The van der Waals surface area contributed by atoms with Gasteiger partial charge >= 0.3 is 0 Å². The molecule has 0 radical (unpaired) electrons. The zero-order valence-electron chi connectivity index (χ0n) is 9.23. The molecule has 0 saturated heterocycles. The third-order valence-corrected chi connectivity index (χ3v) is 2.02. The highest BCUT2D eigenvalue weighted by molar-refractivity contribution is 5.37. The van der Waals surface area contributed by atoms with Crippen LogP contribution in [0, 0.1) is 0 Å². The van der Waals surface area contributed by atoms with E-state index in [0.29, 0.717) is 25.1 Å². The highest BCUT2D eigenvalue weighted by Crippen LogP contribution is 2.12. The molecule has 0 bridgehead atoms. The first-order valence-electron chi connectivity index (χ1n) is 5.17. The van der Waals surface area contributed by atoms with Crippen molar-refractivity contribution < 1.29 is 4.74 Å². The fraction of sp³-hybridized carbons (Fsp3) is 0.600. The lowest BCUT2D eigenvalue weighted by Crippen LogP contribution is -2.15. The van der Waals surface area contributed by atoms with Gasteiger partial charge in [0, 0.05) is 18.7 Å². The molecular weight excluding hydrogens is 192 g/mol. The summed E-state index contributed by atoms with van der Waals surface area (Å²) in [4.78, 5) is 8.08. The zero-order chi connectivity index (χ0) is 11.1. The quantitative estimate of drug-likeness (QED) is 0.733. The molecule has 84 valence electrons. The summed E-state index contributed by atoms with van der Waals surface area (Å²) in [6.45, 7) is 5.17. The minimum absolute atomic E-state index is 0.391. The second kappa shape index (κ2) is 6.19. The van der Waals surface area contributed by atoms with Crippen LogP contribution >= 0.6 is 0 Å². The van der Waals surface area contributed by atoms with Crippen LogP contribution in [0.15, 0.2) is 12.4 Å². The predicted octanol–water partition coefficient (Wildman–Crippen LogP) is 1.02. The van der Waals surface area contributed by atoms with Crippen LogP contribution in [0.4, 0.5) is 5.82 Å². The third kappa shape index (κ3) is 4.12. The fourth-order valence-electron chi connectivity index (χ4n) is 1.02. The van der Waals surface area contributed by atoms with Crippen LogP contribution in [0.3, 0.4) is 0 Å². The summed E-state index contributed by atoms with van der Waals surface area (Å²) in [5.74, 6) is 1.34. The van der Waals surface area contributed by atoms with Crippen molar-refractivity contribution in [2.75, 3.05) is 18.5 Å². The van der Waals surface area contributed by atoms with Crippen LogP contribution in [0.1, 0.15) is 20.3 Å². The number of hydrogen-bond acceptors (Lipinski definition) is 5. The van der Waals surface area contributed by atoms with Gasteiger partial charge in [0.1, 0.15) is 18.8 Å². The summed E-state index contributed by atoms with van der Waals surface area (Å²) in [6, 6.07) is 2.17. The Morgan fingerprint density at radius 2 is 2.33 bits per heavy atom. The number of aromatic nitrogens is 2. The van der Waals surface area contributed by atoms with Gasteiger partial charge in [-0.05, 0) is 13.3 Å². The van der Waals surface area contributed by atoms with Crippen LogP contribution in [0.2, 0.25) is 0 Å². The smallest absolute Gasteiger partial charge is 0.218 e. The molecule has 5 nitrogen and oxygen atoms in total. The molecule has 0 aliphatic heterocycles. The topological polar surface area (TPSA) is 73.1 Å². The minimum Gasteiger partial charge on any atom is -0.476 e. The van der Waals surface area contributed by atoms with E-state index in [9.17, 15) is 0 Å². The highest BCUT2D eigenvalue weighted by atomic mass is 16.5. The van der Waals surface area contributed by atoms with E-state index in [1.165, 1.54) is 6.33 Å². The Morgan fingerprint density at radius 3 is 3.00 bits per heavy atom. The number of nitrogens with one attached hydrogen (secondary N) is 1. The van der Waals surface area contributed by atoms with E-state index in [0.717, 1.165) is 12.2 Å². The molecule has 1 rings (SSSR count). The molecule has 0 fully saturated rings. The van der Waals surface area contributed by atoms with E-state index < -0.39 is 0 Å². The normalized spacial score (nSPS) is 12.2. The molecule has 1 aromatic rings. The van der Waals surface area contributed by atoms with E-state index >= 15 is 0 Å². The largest absolute Gasteiger partial charge is 0.476 e. The van der Waals surface area contributed by atoms with Crippen LogP contribution < -0.4 is 15.8 Å². The number of nitrogens with zero attached hydrogens (tertiary/aromatic N) is 2. The van der Waals surface area contributed by atoms with E-state index in [-0.39, 0.29) is 0 Å². The molecule has 0 unspecified atom stereocenters. The molecule has 0 aliphatic rings. The molecule has 1 aromatic heterocycles. The maximum Gasteiger partial charge on any atom is 0.218 e. The molecular formula is C10H18N4O. The second-order valence-electron chi connectivity index (χ2n) is 3.33. The van der Waals surface area contributed by atoms with Crippen molar-refractivity contribution in [1.82, 2.24) is 9.97 Å². The molecule has 0 aromatic carbocycles. The highest BCUT2D eigenvalue weighted by Gasteiger charge is 2.02. The molecule has 0 aliphatic carbocycles.